The molecule has 3 aliphatic rings. The number of hydrogen-bond acceptors (Lipinski definition) is 6. The number of esters is 1. The van der Waals surface area contributed by atoms with Gasteiger partial charge >= 0.3 is 5.97 Å². The molecule has 39 heavy (non-hydrogen) atoms. The van der Waals surface area contributed by atoms with Crippen molar-refractivity contribution in [2.75, 3.05) is 37.5 Å². The molecule has 0 bridgehead atoms. The second kappa shape index (κ2) is 10.8. The van der Waals surface area contributed by atoms with Crippen molar-refractivity contribution in [2.45, 2.75) is 66.2 Å². The van der Waals surface area contributed by atoms with E-state index in [1.165, 1.54) is 35.3 Å². The first-order valence-electron chi connectivity index (χ1n) is 14.5. The van der Waals surface area contributed by atoms with E-state index in [2.05, 4.69) is 66.7 Å². The lowest BCUT2D eigenvalue weighted by Gasteiger charge is -2.58. The van der Waals surface area contributed by atoms with Crippen LogP contribution in [0.3, 0.4) is 0 Å². The molecule has 1 fully saturated rings. The second-order valence-electron chi connectivity index (χ2n) is 12.5. The molecular formula is C31H45N6O2+. The van der Waals surface area contributed by atoms with Crippen LogP contribution in [0, 0.1) is 22.7 Å². The fourth-order valence-corrected chi connectivity index (χ4v) is 7.55. The van der Waals surface area contributed by atoms with Gasteiger partial charge in [0.15, 0.2) is 18.2 Å². The fourth-order valence-electron chi connectivity index (χ4n) is 7.55. The summed E-state index contributed by atoms with van der Waals surface area (Å²) in [5.74, 6) is 2.50. The number of fused-ring (bicyclic) bond motifs is 2. The highest BCUT2D eigenvalue weighted by Gasteiger charge is 2.53. The zero-order valence-corrected chi connectivity index (χ0v) is 24.2. The summed E-state index contributed by atoms with van der Waals surface area (Å²) in [6.45, 7) is 11.7. The van der Waals surface area contributed by atoms with Crippen LogP contribution in [-0.4, -0.2) is 47.8 Å². The molecule has 2 aromatic rings. The Balaban J connectivity index is 1.25. The summed E-state index contributed by atoms with van der Waals surface area (Å²) in [6, 6.07) is 3.59. The quantitative estimate of drug-likeness (QED) is 0.337. The Hall–Kier alpha value is -3.13. The lowest BCUT2D eigenvalue weighted by molar-refractivity contribution is -0.805. The number of carbonyl (C=O) groups excluding carboxylic acids is 1. The number of anilines is 2. The van der Waals surface area contributed by atoms with Crippen LogP contribution >= 0.6 is 0 Å². The predicted molar refractivity (Wildman–Crippen MR) is 155 cm³/mol. The molecule has 2 aliphatic carbocycles. The average Bonchev–Trinajstić information content (AvgIpc) is 3.57. The van der Waals surface area contributed by atoms with E-state index in [-0.39, 0.29) is 16.8 Å². The summed E-state index contributed by atoms with van der Waals surface area (Å²) in [5.41, 5.74) is 10.7. The minimum atomic E-state index is -0.277. The Morgan fingerprint density at radius 2 is 2.15 bits per heavy atom. The van der Waals surface area contributed by atoms with Crippen LogP contribution < -0.4 is 15.5 Å². The monoisotopic (exact) mass is 533 g/mol. The van der Waals surface area contributed by atoms with Crippen molar-refractivity contribution in [3.8, 4) is 0 Å². The minimum absolute atomic E-state index is 0.0668. The molecule has 2 aromatic heterocycles. The van der Waals surface area contributed by atoms with Crippen molar-refractivity contribution in [1.82, 2.24) is 15.0 Å². The molecule has 0 radical (unpaired) electrons. The van der Waals surface area contributed by atoms with E-state index >= 15 is 0 Å². The summed E-state index contributed by atoms with van der Waals surface area (Å²) in [7, 11) is 2.12. The normalized spacial score (nSPS) is 30.5. The van der Waals surface area contributed by atoms with Gasteiger partial charge in [-0.2, -0.15) is 4.98 Å². The molecular weight excluding hydrogens is 488 g/mol. The molecule has 1 aliphatic heterocycles. The Morgan fingerprint density at radius 3 is 2.92 bits per heavy atom. The van der Waals surface area contributed by atoms with E-state index in [4.69, 9.17) is 10.5 Å². The van der Waals surface area contributed by atoms with E-state index in [0.717, 1.165) is 44.0 Å². The van der Waals surface area contributed by atoms with Gasteiger partial charge in [-0.3, -0.25) is 4.90 Å². The van der Waals surface area contributed by atoms with Gasteiger partial charge in [0, 0.05) is 12.7 Å². The number of hydrogen-bond donors (Lipinski definition) is 3. The standard InChI is InChI=1S/C31H44N6O2/c1-21(13-17-37-20-36(5)28-26(37)27(32)34-19-35-28)11-14-30(3)22(2)12-15-31(4)23(8-6-10-25(30)31)18-39-29(38)24-9-7-16-33-24/h7-9,13,16,19,22,25,33H,6,10-12,14-15,17-18,20H2,1-5H3,(H2,32,34,35)/p+1/b21-13+/t22-,25-,30+,31-/m0/s1. The van der Waals surface area contributed by atoms with Crippen molar-refractivity contribution in [2.24, 2.45) is 22.7 Å². The largest absolute Gasteiger partial charge is 0.456 e. The first-order chi connectivity index (χ1) is 18.6. The number of nitrogens with one attached hydrogen (secondary N) is 2. The molecule has 0 aromatic carbocycles. The maximum atomic E-state index is 12.5. The number of quaternary nitrogens is 1. The van der Waals surface area contributed by atoms with Gasteiger partial charge in [0.1, 0.15) is 18.6 Å². The summed E-state index contributed by atoms with van der Waals surface area (Å²) in [6.07, 6.45) is 14.9. The van der Waals surface area contributed by atoms with Gasteiger partial charge < -0.3 is 20.4 Å². The lowest BCUT2D eigenvalue weighted by atomic mass is 9.47. The van der Waals surface area contributed by atoms with Crippen LogP contribution in [0.1, 0.15) is 76.7 Å². The van der Waals surface area contributed by atoms with Gasteiger partial charge in [-0.1, -0.05) is 38.5 Å². The second-order valence-corrected chi connectivity index (χ2v) is 12.5. The highest BCUT2D eigenvalue weighted by Crippen LogP contribution is 2.62. The smallest absolute Gasteiger partial charge is 0.355 e. The zero-order valence-electron chi connectivity index (χ0n) is 24.2. The minimum Gasteiger partial charge on any atom is -0.456 e. The Bertz CT molecular complexity index is 1250. The number of aromatic amines is 1. The Kier molecular flexibility index (Phi) is 7.60. The Morgan fingerprint density at radius 1 is 1.33 bits per heavy atom. The summed E-state index contributed by atoms with van der Waals surface area (Å²) < 4.78 is 5.78. The number of nitrogens with zero attached hydrogens (tertiary/aromatic N) is 3. The number of aromatic nitrogens is 3. The van der Waals surface area contributed by atoms with Crippen molar-refractivity contribution in [3.05, 3.63) is 53.6 Å². The topological polar surface area (TPSA) is 102 Å². The molecule has 5 atom stereocenters. The summed E-state index contributed by atoms with van der Waals surface area (Å²) >= 11 is 0. The third-order valence-corrected chi connectivity index (χ3v) is 10.3. The maximum absolute atomic E-state index is 12.5. The van der Waals surface area contributed by atoms with E-state index in [9.17, 15) is 4.79 Å². The molecule has 0 saturated heterocycles. The highest BCUT2D eigenvalue weighted by atomic mass is 16.5. The first-order valence-corrected chi connectivity index (χ1v) is 14.5. The van der Waals surface area contributed by atoms with E-state index < -0.39 is 0 Å². The van der Waals surface area contributed by atoms with Gasteiger partial charge in [-0.15, -0.1) is 0 Å². The molecule has 8 heteroatoms. The fraction of sp³-hybridized carbons (Fsp3) is 0.581. The van der Waals surface area contributed by atoms with Crippen LogP contribution in [0.2, 0.25) is 0 Å². The van der Waals surface area contributed by atoms with Crippen molar-refractivity contribution in [3.63, 3.8) is 0 Å². The number of rotatable bonds is 8. The number of carbonyl (C=O) groups is 1. The SMILES string of the molecule is C/C(=C\CN1C[NH+](C)c2ncnc(N)c21)CC[C@]1(C)[C@@H](C)CC[C@@]2(C)C(COC(=O)c3ccc[nH]3)=CCC[C@@H]12. The molecule has 3 heterocycles. The van der Waals surface area contributed by atoms with Crippen LogP contribution in [0.15, 0.2) is 48.0 Å². The van der Waals surface area contributed by atoms with Crippen LogP contribution in [0.25, 0.3) is 0 Å². The van der Waals surface area contributed by atoms with Crippen molar-refractivity contribution in [1.29, 1.82) is 0 Å². The van der Waals surface area contributed by atoms with Gasteiger partial charge in [0.25, 0.3) is 5.82 Å². The van der Waals surface area contributed by atoms with Crippen LogP contribution in [0.5, 0.6) is 0 Å². The molecule has 0 amide bonds. The molecule has 1 unspecified atom stereocenters. The molecule has 4 N–H and O–H groups in total. The zero-order chi connectivity index (χ0) is 27.8. The van der Waals surface area contributed by atoms with Gasteiger partial charge in [-0.05, 0) is 85.8 Å². The van der Waals surface area contributed by atoms with Crippen molar-refractivity contribution >= 4 is 23.3 Å². The third-order valence-electron chi connectivity index (χ3n) is 10.3. The third kappa shape index (κ3) is 5.11. The first kappa shape index (κ1) is 27.4. The number of H-pyrrole nitrogens is 1. The summed E-state index contributed by atoms with van der Waals surface area (Å²) in [4.78, 5) is 27.7. The molecule has 210 valence electrons. The number of nitrogen functional groups attached to an aromatic ring is 1. The maximum Gasteiger partial charge on any atom is 0.355 e. The van der Waals surface area contributed by atoms with E-state index in [1.54, 1.807) is 18.6 Å². The molecule has 0 spiro atoms. The number of ether oxygens (including phenoxy) is 1. The summed E-state index contributed by atoms with van der Waals surface area (Å²) in [5, 5.41) is 0. The van der Waals surface area contributed by atoms with Gasteiger partial charge in [-0.25, -0.2) is 9.78 Å². The molecule has 5 rings (SSSR count). The predicted octanol–water partition coefficient (Wildman–Crippen LogP) is 4.67. The van der Waals surface area contributed by atoms with E-state index in [1.807, 2.05) is 6.07 Å². The van der Waals surface area contributed by atoms with Gasteiger partial charge in [0.2, 0.25) is 0 Å². The molecule has 8 nitrogen and oxygen atoms in total. The molecule has 1 saturated carbocycles. The average molecular weight is 534 g/mol. The number of nitrogens with two attached hydrogens (primary N) is 1. The van der Waals surface area contributed by atoms with Crippen molar-refractivity contribution < 1.29 is 14.4 Å². The highest BCUT2D eigenvalue weighted by molar-refractivity contribution is 5.87. The van der Waals surface area contributed by atoms with Crippen LogP contribution in [-0.2, 0) is 4.74 Å². The van der Waals surface area contributed by atoms with Crippen LogP contribution in [0.4, 0.5) is 17.3 Å². The van der Waals surface area contributed by atoms with Gasteiger partial charge in [0.05, 0.1) is 7.05 Å². The number of allylic oxidation sites excluding steroid dienone is 2. The van der Waals surface area contributed by atoms with E-state index in [0.29, 0.717) is 30.0 Å². The lowest BCUT2D eigenvalue weighted by Crippen LogP contribution is -3.03. The Labute approximate surface area is 232 Å².